The summed E-state index contributed by atoms with van der Waals surface area (Å²) in [5, 5.41) is 0. The minimum absolute atomic E-state index is 0.547. The third-order valence-electron chi connectivity index (χ3n) is 2.39. The van der Waals surface area contributed by atoms with Gasteiger partial charge < -0.3 is 4.74 Å². The lowest BCUT2D eigenvalue weighted by molar-refractivity contribution is 0.204. The van der Waals surface area contributed by atoms with Crippen LogP contribution in [0.2, 0.25) is 0 Å². The van der Waals surface area contributed by atoms with Crippen LogP contribution in [0.15, 0.2) is 48.4 Å². The van der Waals surface area contributed by atoms with Crippen molar-refractivity contribution in [2.75, 3.05) is 0 Å². The third-order valence-corrected chi connectivity index (χ3v) is 2.39. The molecule has 2 nitrogen and oxygen atoms in total. The molecular weight excluding hydrogens is 186 g/mol. The SMILES string of the molecule is CC1C=CC(OCc2ccccn2)=CC1. The number of ether oxygens (including phenoxy) is 1. The molecule has 1 heterocycles. The topological polar surface area (TPSA) is 22.1 Å². The highest BCUT2D eigenvalue weighted by atomic mass is 16.5. The van der Waals surface area contributed by atoms with Gasteiger partial charge in [0.1, 0.15) is 12.4 Å². The number of rotatable bonds is 3. The lowest BCUT2D eigenvalue weighted by atomic mass is 10.0. The standard InChI is InChI=1S/C13H15NO/c1-11-5-7-13(8-6-11)15-10-12-4-2-3-9-14-12/h2-5,7-9,11H,6,10H2,1H3. The first-order valence-corrected chi connectivity index (χ1v) is 5.25. The van der Waals surface area contributed by atoms with E-state index in [4.69, 9.17) is 4.74 Å². The van der Waals surface area contributed by atoms with Gasteiger partial charge in [-0.2, -0.15) is 0 Å². The van der Waals surface area contributed by atoms with E-state index in [-0.39, 0.29) is 0 Å². The molecule has 1 aromatic rings. The lowest BCUT2D eigenvalue weighted by Crippen LogP contribution is -1.99. The molecule has 1 aromatic heterocycles. The summed E-state index contributed by atoms with van der Waals surface area (Å²) in [6, 6.07) is 5.85. The molecule has 1 aliphatic rings. The van der Waals surface area contributed by atoms with Gasteiger partial charge in [-0.25, -0.2) is 0 Å². The molecular formula is C13H15NO. The van der Waals surface area contributed by atoms with E-state index in [0.29, 0.717) is 12.5 Å². The van der Waals surface area contributed by atoms with Crippen molar-refractivity contribution in [1.29, 1.82) is 0 Å². The van der Waals surface area contributed by atoms with Gasteiger partial charge in [0.15, 0.2) is 0 Å². The number of hydrogen-bond donors (Lipinski definition) is 0. The molecule has 1 aliphatic carbocycles. The van der Waals surface area contributed by atoms with Gasteiger partial charge in [-0.15, -0.1) is 0 Å². The van der Waals surface area contributed by atoms with E-state index in [1.807, 2.05) is 24.3 Å². The van der Waals surface area contributed by atoms with Crippen molar-refractivity contribution in [3.05, 3.63) is 54.1 Å². The summed E-state index contributed by atoms with van der Waals surface area (Å²) in [4.78, 5) is 4.20. The van der Waals surface area contributed by atoms with Crippen LogP contribution in [0.4, 0.5) is 0 Å². The Balaban J connectivity index is 1.87. The van der Waals surface area contributed by atoms with Gasteiger partial charge >= 0.3 is 0 Å². The fourth-order valence-corrected chi connectivity index (χ4v) is 1.46. The van der Waals surface area contributed by atoms with Crippen LogP contribution in [-0.2, 0) is 11.3 Å². The second-order valence-electron chi connectivity index (χ2n) is 3.79. The van der Waals surface area contributed by atoms with Crippen molar-refractivity contribution in [3.8, 4) is 0 Å². The summed E-state index contributed by atoms with van der Waals surface area (Å²) < 4.78 is 5.63. The second kappa shape index (κ2) is 4.78. The van der Waals surface area contributed by atoms with Gasteiger partial charge in [0.05, 0.1) is 5.69 Å². The van der Waals surface area contributed by atoms with E-state index in [1.165, 1.54) is 0 Å². The van der Waals surface area contributed by atoms with Crippen molar-refractivity contribution in [2.24, 2.45) is 5.92 Å². The number of hydrogen-bond acceptors (Lipinski definition) is 2. The Morgan fingerprint density at radius 3 is 3.07 bits per heavy atom. The molecule has 0 aliphatic heterocycles. The molecule has 0 aromatic carbocycles. The Labute approximate surface area is 90.3 Å². The van der Waals surface area contributed by atoms with Crippen LogP contribution in [0.1, 0.15) is 19.0 Å². The third kappa shape index (κ3) is 2.94. The second-order valence-corrected chi connectivity index (χ2v) is 3.79. The molecule has 2 rings (SSSR count). The van der Waals surface area contributed by atoms with Crippen LogP contribution in [0.5, 0.6) is 0 Å². The van der Waals surface area contributed by atoms with Crippen LogP contribution >= 0.6 is 0 Å². The summed E-state index contributed by atoms with van der Waals surface area (Å²) >= 11 is 0. The molecule has 15 heavy (non-hydrogen) atoms. The van der Waals surface area contributed by atoms with Crippen LogP contribution < -0.4 is 0 Å². The molecule has 0 saturated heterocycles. The average Bonchev–Trinajstić information content (AvgIpc) is 2.30. The molecule has 2 heteroatoms. The van der Waals surface area contributed by atoms with Gasteiger partial charge in [0, 0.05) is 6.20 Å². The van der Waals surface area contributed by atoms with E-state index in [9.17, 15) is 0 Å². The Morgan fingerprint density at radius 2 is 2.40 bits per heavy atom. The average molecular weight is 201 g/mol. The van der Waals surface area contributed by atoms with Crippen molar-refractivity contribution in [3.63, 3.8) is 0 Å². The summed E-state index contributed by atoms with van der Waals surface area (Å²) in [5.74, 6) is 1.59. The molecule has 0 radical (unpaired) electrons. The monoisotopic (exact) mass is 201 g/mol. The first-order valence-electron chi connectivity index (χ1n) is 5.25. The van der Waals surface area contributed by atoms with Crippen molar-refractivity contribution < 1.29 is 4.74 Å². The normalized spacial score (nSPS) is 19.8. The van der Waals surface area contributed by atoms with Crippen LogP contribution in [0, 0.1) is 5.92 Å². The number of allylic oxidation sites excluding steroid dienone is 3. The number of pyridine rings is 1. The fourth-order valence-electron chi connectivity index (χ4n) is 1.46. The van der Waals surface area contributed by atoms with Gasteiger partial charge in [0.25, 0.3) is 0 Å². The molecule has 0 saturated carbocycles. The molecule has 1 unspecified atom stereocenters. The maximum atomic E-state index is 5.63. The number of aromatic nitrogens is 1. The smallest absolute Gasteiger partial charge is 0.130 e. The molecule has 0 spiro atoms. The molecule has 0 amide bonds. The zero-order chi connectivity index (χ0) is 10.5. The first-order chi connectivity index (χ1) is 7.34. The quantitative estimate of drug-likeness (QED) is 0.749. The zero-order valence-electron chi connectivity index (χ0n) is 8.89. The summed E-state index contributed by atoms with van der Waals surface area (Å²) in [7, 11) is 0. The van der Waals surface area contributed by atoms with Gasteiger partial charge in [0.2, 0.25) is 0 Å². The molecule has 0 N–H and O–H groups in total. The van der Waals surface area contributed by atoms with E-state index in [2.05, 4.69) is 24.1 Å². The van der Waals surface area contributed by atoms with Gasteiger partial charge in [-0.05, 0) is 36.6 Å². The highest BCUT2D eigenvalue weighted by Crippen LogP contribution is 2.17. The van der Waals surface area contributed by atoms with Crippen molar-refractivity contribution in [2.45, 2.75) is 20.0 Å². The first kappa shape index (κ1) is 9.97. The van der Waals surface area contributed by atoms with Crippen molar-refractivity contribution in [1.82, 2.24) is 4.98 Å². The Morgan fingerprint density at radius 1 is 1.47 bits per heavy atom. The fraction of sp³-hybridized carbons (Fsp3) is 0.308. The Kier molecular flexibility index (Phi) is 3.18. The Bertz CT molecular complexity index is 367. The van der Waals surface area contributed by atoms with Gasteiger partial charge in [-0.3, -0.25) is 4.98 Å². The van der Waals surface area contributed by atoms with E-state index in [0.717, 1.165) is 17.9 Å². The highest BCUT2D eigenvalue weighted by Gasteiger charge is 2.04. The van der Waals surface area contributed by atoms with Crippen LogP contribution in [0.25, 0.3) is 0 Å². The van der Waals surface area contributed by atoms with Crippen LogP contribution in [-0.4, -0.2) is 4.98 Å². The number of nitrogens with zero attached hydrogens (tertiary/aromatic N) is 1. The van der Waals surface area contributed by atoms with E-state index in [1.54, 1.807) is 6.20 Å². The molecule has 0 fully saturated rings. The largest absolute Gasteiger partial charge is 0.488 e. The summed E-state index contributed by atoms with van der Waals surface area (Å²) in [5.41, 5.74) is 0.963. The molecule has 1 atom stereocenters. The molecule has 78 valence electrons. The Hall–Kier alpha value is -1.57. The van der Waals surface area contributed by atoms with Crippen LogP contribution in [0.3, 0.4) is 0 Å². The highest BCUT2D eigenvalue weighted by molar-refractivity contribution is 5.18. The van der Waals surface area contributed by atoms with E-state index < -0.39 is 0 Å². The van der Waals surface area contributed by atoms with Crippen molar-refractivity contribution >= 4 is 0 Å². The maximum Gasteiger partial charge on any atom is 0.130 e. The predicted molar refractivity (Wildman–Crippen MR) is 60.0 cm³/mol. The minimum atomic E-state index is 0.547. The maximum absolute atomic E-state index is 5.63. The zero-order valence-corrected chi connectivity index (χ0v) is 8.89. The lowest BCUT2D eigenvalue weighted by Gasteiger charge is -2.12. The molecule has 0 bridgehead atoms. The summed E-state index contributed by atoms with van der Waals surface area (Å²) in [6.45, 7) is 2.74. The van der Waals surface area contributed by atoms with E-state index >= 15 is 0 Å². The predicted octanol–water partition coefficient (Wildman–Crippen LogP) is 3.08. The minimum Gasteiger partial charge on any atom is -0.488 e. The summed E-state index contributed by atoms with van der Waals surface area (Å²) in [6.07, 6.45) is 9.19. The van der Waals surface area contributed by atoms with Gasteiger partial charge in [-0.1, -0.05) is 19.1 Å².